The van der Waals surface area contributed by atoms with Crippen molar-refractivity contribution in [2.45, 2.75) is 16.5 Å². The van der Waals surface area contributed by atoms with E-state index >= 15 is 0 Å². The van der Waals surface area contributed by atoms with Crippen LogP contribution < -0.4 is 10.1 Å². The average molecular weight is 407 g/mol. The molecule has 1 atom stereocenters. The normalized spacial score (nSPS) is 11.9. The van der Waals surface area contributed by atoms with Crippen molar-refractivity contribution in [3.05, 3.63) is 59.7 Å². The molecule has 140 valence electrons. The van der Waals surface area contributed by atoms with E-state index in [0.29, 0.717) is 9.47 Å². The molecule has 27 heavy (non-hydrogen) atoms. The number of carbonyl (C=O) groups is 1. The average Bonchev–Trinajstić information content (AvgIpc) is 3.10. The minimum Gasteiger partial charge on any atom is -0.497 e. The molecule has 0 amide bonds. The van der Waals surface area contributed by atoms with Gasteiger partial charge in [0.25, 0.3) is 0 Å². The van der Waals surface area contributed by atoms with Crippen molar-refractivity contribution >= 4 is 39.7 Å². The molecule has 0 unspecified atom stereocenters. The summed E-state index contributed by atoms with van der Waals surface area (Å²) in [6.45, 7) is 1.69. The maximum absolute atomic E-state index is 13.3. The van der Waals surface area contributed by atoms with Crippen molar-refractivity contribution in [1.29, 1.82) is 0 Å². The van der Waals surface area contributed by atoms with E-state index in [1.165, 1.54) is 29.2 Å². The second-order valence-electron chi connectivity index (χ2n) is 5.48. The zero-order chi connectivity index (χ0) is 19.4. The first kappa shape index (κ1) is 19.2. The summed E-state index contributed by atoms with van der Waals surface area (Å²) in [6, 6.07) is 10.5. The summed E-state index contributed by atoms with van der Waals surface area (Å²) >= 11 is 2.51. The van der Waals surface area contributed by atoms with E-state index in [9.17, 15) is 13.6 Å². The largest absolute Gasteiger partial charge is 0.497 e. The van der Waals surface area contributed by atoms with Crippen LogP contribution in [-0.4, -0.2) is 28.3 Å². The third-order valence-corrected chi connectivity index (χ3v) is 5.62. The monoisotopic (exact) mass is 407 g/mol. The fourth-order valence-electron chi connectivity index (χ4n) is 2.19. The van der Waals surface area contributed by atoms with Crippen LogP contribution in [0.5, 0.6) is 5.75 Å². The van der Waals surface area contributed by atoms with E-state index in [-0.39, 0.29) is 11.3 Å². The highest BCUT2D eigenvalue weighted by Crippen LogP contribution is 2.32. The molecule has 0 radical (unpaired) electrons. The predicted molar refractivity (Wildman–Crippen MR) is 102 cm³/mol. The molecule has 0 aliphatic rings. The standard InChI is InChI=1S/C18H15F2N3O2S2/c1-10(16(24)11-3-8-14(19)15(20)9-11)26-18-23-22-17(27-18)21-12-4-6-13(25-2)7-5-12/h3-10H,1-2H3,(H,21,22)/t10-/m0/s1. The van der Waals surface area contributed by atoms with Crippen LogP contribution >= 0.6 is 23.1 Å². The SMILES string of the molecule is COc1ccc(Nc2nnc(S[C@@H](C)C(=O)c3ccc(F)c(F)c3)s2)cc1. The number of ketones is 1. The summed E-state index contributed by atoms with van der Waals surface area (Å²) in [5.74, 6) is -1.58. The zero-order valence-electron chi connectivity index (χ0n) is 14.4. The predicted octanol–water partition coefficient (Wildman–Crippen LogP) is 4.93. The Morgan fingerprint density at radius 1 is 1.15 bits per heavy atom. The number of methoxy groups -OCH3 is 1. The number of benzene rings is 2. The van der Waals surface area contributed by atoms with Crippen molar-refractivity contribution < 1.29 is 18.3 Å². The van der Waals surface area contributed by atoms with Crippen LogP contribution in [0, 0.1) is 11.6 Å². The summed E-state index contributed by atoms with van der Waals surface area (Å²) in [7, 11) is 1.60. The van der Waals surface area contributed by atoms with Gasteiger partial charge in [-0.1, -0.05) is 23.1 Å². The molecule has 0 saturated heterocycles. The number of carbonyl (C=O) groups excluding carboxylic acids is 1. The van der Waals surface area contributed by atoms with Crippen molar-refractivity contribution in [3.63, 3.8) is 0 Å². The molecule has 1 heterocycles. The highest BCUT2D eigenvalue weighted by molar-refractivity contribution is 8.02. The number of aromatic nitrogens is 2. The zero-order valence-corrected chi connectivity index (χ0v) is 16.0. The van der Waals surface area contributed by atoms with Gasteiger partial charge in [-0.3, -0.25) is 4.79 Å². The summed E-state index contributed by atoms with van der Waals surface area (Å²) in [6.07, 6.45) is 0. The maximum Gasteiger partial charge on any atom is 0.210 e. The van der Waals surface area contributed by atoms with E-state index in [1.54, 1.807) is 14.0 Å². The molecule has 3 rings (SSSR count). The second kappa shape index (κ2) is 8.45. The number of hydrogen-bond acceptors (Lipinski definition) is 7. The lowest BCUT2D eigenvalue weighted by Crippen LogP contribution is -2.13. The molecular weight excluding hydrogens is 392 g/mol. The molecule has 0 aliphatic carbocycles. The first-order valence-electron chi connectivity index (χ1n) is 7.87. The lowest BCUT2D eigenvalue weighted by molar-refractivity contribution is 0.0993. The van der Waals surface area contributed by atoms with E-state index in [2.05, 4.69) is 15.5 Å². The number of nitrogens with zero attached hydrogens (tertiary/aromatic N) is 2. The van der Waals surface area contributed by atoms with Crippen LogP contribution in [0.4, 0.5) is 19.6 Å². The molecule has 3 aromatic rings. The lowest BCUT2D eigenvalue weighted by Gasteiger charge is -2.08. The number of halogens is 2. The summed E-state index contributed by atoms with van der Waals surface area (Å²) < 4.78 is 32.0. The summed E-state index contributed by atoms with van der Waals surface area (Å²) in [5.41, 5.74) is 0.949. The molecule has 0 aliphatic heterocycles. The van der Waals surface area contributed by atoms with Crippen molar-refractivity contribution in [2.24, 2.45) is 0 Å². The van der Waals surface area contributed by atoms with E-state index in [0.717, 1.165) is 23.6 Å². The van der Waals surface area contributed by atoms with Crippen LogP contribution in [0.3, 0.4) is 0 Å². The Labute approximate surface area is 162 Å². The number of ether oxygens (including phenoxy) is 1. The molecular formula is C18H15F2N3O2S2. The van der Waals surface area contributed by atoms with Gasteiger partial charge in [0.05, 0.1) is 12.4 Å². The van der Waals surface area contributed by atoms with Gasteiger partial charge in [-0.2, -0.15) is 0 Å². The summed E-state index contributed by atoms with van der Waals surface area (Å²) in [5, 5.41) is 11.3. The van der Waals surface area contributed by atoms with Crippen LogP contribution in [0.2, 0.25) is 0 Å². The third kappa shape index (κ3) is 4.81. The molecule has 0 saturated carbocycles. The molecule has 1 N–H and O–H groups in total. The molecule has 2 aromatic carbocycles. The Hall–Kier alpha value is -2.52. The highest BCUT2D eigenvalue weighted by Gasteiger charge is 2.20. The Kier molecular flexibility index (Phi) is 6.02. The minimum atomic E-state index is -1.04. The Morgan fingerprint density at radius 2 is 1.89 bits per heavy atom. The van der Waals surface area contributed by atoms with Gasteiger partial charge in [0.1, 0.15) is 5.75 Å². The van der Waals surface area contributed by atoms with E-state index < -0.39 is 16.9 Å². The van der Waals surface area contributed by atoms with Gasteiger partial charge in [0, 0.05) is 11.3 Å². The molecule has 0 bridgehead atoms. The fraction of sp³-hybridized carbons (Fsp3) is 0.167. The number of hydrogen-bond donors (Lipinski definition) is 1. The second-order valence-corrected chi connectivity index (χ2v) is 8.05. The van der Waals surface area contributed by atoms with Crippen LogP contribution in [0.25, 0.3) is 0 Å². The van der Waals surface area contributed by atoms with Crippen molar-refractivity contribution in [2.75, 3.05) is 12.4 Å². The Balaban J connectivity index is 1.63. The van der Waals surface area contributed by atoms with E-state index in [1.807, 2.05) is 24.3 Å². The maximum atomic E-state index is 13.3. The van der Waals surface area contributed by atoms with Gasteiger partial charge >= 0.3 is 0 Å². The molecule has 1 aromatic heterocycles. The number of rotatable bonds is 7. The van der Waals surface area contributed by atoms with Gasteiger partial charge in [-0.15, -0.1) is 10.2 Å². The Morgan fingerprint density at radius 3 is 2.56 bits per heavy atom. The van der Waals surface area contributed by atoms with Crippen molar-refractivity contribution in [3.8, 4) is 5.75 Å². The van der Waals surface area contributed by atoms with Gasteiger partial charge in [0.2, 0.25) is 5.13 Å². The number of nitrogens with one attached hydrogen (secondary N) is 1. The van der Waals surface area contributed by atoms with Gasteiger partial charge < -0.3 is 10.1 Å². The van der Waals surface area contributed by atoms with E-state index in [4.69, 9.17) is 4.74 Å². The molecule has 5 nitrogen and oxygen atoms in total. The lowest BCUT2D eigenvalue weighted by atomic mass is 10.1. The summed E-state index contributed by atoms with van der Waals surface area (Å²) in [4.78, 5) is 12.4. The highest BCUT2D eigenvalue weighted by atomic mass is 32.2. The number of Topliss-reactive ketones (excluding diaryl/α,β-unsaturated/α-hetero) is 1. The first-order valence-corrected chi connectivity index (χ1v) is 9.56. The van der Waals surface area contributed by atoms with Crippen LogP contribution in [-0.2, 0) is 0 Å². The smallest absolute Gasteiger partial charge is 0.210 e. The minimum absolute atomic E-state index is 0.120. The molecule has 9 heteroatoms. The third-order valence-electron chi connectivity index (χ3n) is 3.60. The Bertz CT molecular complexity index is 948. The quantitative estimate of drug-likeness (QED) is 0.442. The van der Waals surface area contributed by atoms with Gasteiger partial charge in [-0.25, -0.2) is 8.78 Å². The van der Waals surface area contributed by atoms with Gasteiger partial charge in [-0.05, 0) is 49.4 Å². The molecule has 0 fully saturated rings. The fourth-order valence-corrected chi connectivity index (χ4v) is 4.19. The van der Waals surface area contributed by atoms with Crippen molar-refractivity contribution in [1.82, 2.24) is 10.2 Å². The molecule has 0 spiro atoms. The van der Waals surface area contributed by atoms with Gasteiger partial charge in [0.15, 0.2) is 21.8 Å². The first-order chi connectivity index (χ1) is 13.0. The van der Waals surface area contributed by atoms with Crippen LogP contribution in [0.1, 0.15) is 17.3 Å². The van der Waals surface area contributed by atoms with Crippen LogP contribution in [0.15, 0.2) is 46.8 Å². The topological polar surface area (TPSA) is 64.1 Å². The number of anilines is 2. The number of thioether (sulfide) groups is 1.